The molecule has 0 radical (unpaired) electrons. The van der Waals surface area contributed by atoms with E-state index in [4.69, 9.17) is 4.74 Å². The number of hydrogen-bond acceptors (Lipinski definition) is 3. The van der Waals surface area contributed by atoms with Gasteiger partial charge in [0.05, 0.1) is 12.2 Å². The lowest BCUT2D eigenvalue weighted by molar-refractivity contribution is -0.126. The molecule has 1 aliphatic heterocycles. The van der Waals surface area contributed by atoms with Gasteiger partial charge in [0.1, 0.15) is 11.6 Å². The number of hydrogen-bond donors (Lipinski definition) is 1. The van der Waals surface area contributed by atoms with Crippen molar-refractivity contribution in [1.82, 2.24) is 4.90 Å². The van der Waals surface area contributed by atoms with Crippen LogP contribution in [0.4, 0.5) is 4.39 Å². The number of piperidine rings is 1. The molecule has 0 spiro atoms. The summed E-state index contributed by atoms with van der Waals surface area (Å²) in [7, 11) is 0. The molecular weight excluding hydrogens is 353 g/mol. The number of nitrogens with zero attached hydrogens (tertiary/aromatic N) is 1. The topological polar surface area (TPSA) is 32.7 Å². The normalized spacial score (nSPS) is 28.0. The van der Waals surface area contributed by atoms with Gasteiger partial charge in [-0.25, -0.2) is 4.39 Å². The van der Waals surface area contributed by atoms with Crippen LogP contribution in [0.1, 0.15) is 56.2 Å². The van der Waals surface area contributed by atoms with Crippen molar-refractivity contribution in [2.45, 2.75) is 57.2 Å². The fourth-order valence-electron chi connectivity index (χ4n) is 5.21. The van der Waals surface area contributed by atoms with Gasteiger partial charge in [-0.3, -0.25) is 4.90 Å². The minimum atomic E-state index is -0.610. The Balaban J connectivity index is 1.72. The number of para-hydroxylation sites is 1. The Labute approximate surface area is 167 Å². The Kier molecular flexibility index (Phi) is 5.70. The Morgan fingerprint density at radius 1 is 1.14 bits per heavy atom. The van der Waals surface area contributed by atoms with Crippen LogP contribution in [-0.4, -0.2) is 28.8 Å². The van der Waals surface area contributed by atoms with E-state index in [0.717, 1.165) is 55.5 Å². The maximum Gasteiger partial charge on any atom is 0.124 e. The second kappa shape index (κ2) is 8.22. The number of aliphatic hydroxyl groups is 1. The van der Waals surface area contributed by atoms with Crippen molar-refractivity contribution in [3.63, 3.8) is 0 Å². The van der Waals surface area contributed by atoms with Crippen molar-refractivity contribution in [1.29, 1.82) is 0 Å². The Hall–Kier alpha value is -1.91. The molecule has 1 heterocycles. The number of benzene rings is 2. The maximum absolute atomic E-state index is 13.8. The van der Waals surface area contributed by atoms with Crippen LogP contribution in [0.25, 0.3) is 0 Å². The first kappa shape index (κ1) is 19.4. The molecular formula is C24H30FNO2. The second-order valence-corrected chi connectivity index (χ2v) is 8.22. The molecule has 2 aromatic carbocycles. The predicted octanol–water partition coefficient (Wildman–Crippen LogP) is 5.09. The molecule has 3 atom stereocenters. The van der Waals surface area contributed by atoms with Gasteiger partial charge in [-0.05, 0) is 49.9 Å². The minimum Gasteiger partial charge on any atom is -0.494 e. The molecule has 1 aliphatic carbocycles. The highest BCUT2D eigenvalue weighted by Gasteiger charge is 2.49. The van der Waals surface area contributed by atoms with E-state index < -0.39 is 5.60 Å². The maximum atomic E-state index is 13.8. The summed E-state index contributed by atoms with van der Waals surface area (Å²) in [6.45, 7) is 4.09. The van der Waals surface area contributed by atoms with E-state index in [-0.39, 0.29) is 17.8 Å². The highest BCUT2D eigenvalue weighted by atomic mass is 19.1. The molecule has 4 rings (SSSR count). The monoisotopic (exact) mass is 383 g/mol. The average molecular weight is 384 g/mol. The van der Waals surface area contributed by atoms with Crippen LogP contribution in [0.15, 0.2) is 48.5 Å². The van der Waals surface area contributed by atoms with Crippen molar-refractivity contribution in [2.24, 2.45) is 5.92 Å². The van der Waals surface area contributed by atoms with E-state index in [0.29, 0.717) is 13.2 Å². The third-order valence-electron chi connectivity index (χ3n) is 6.48. The fourth-order valence-corrected chi connectivity index (χ4v) is 5.21. The summed E-state index contributed by atoms with van der Waals surface area (Å²) < 4.78 is 19.7. The lowest BCUT2D eigenvalue weighted by atomic mass is 9.66. The van der Waals surface area contributed by atoms with Gasteiger partial charge in [-0.15, -0.1) is 0 Å². The first-order valence-corrected chi connectivity index (χ1v) is 10.5. The molecule has 1 saturated heterocycles. The van der Waals surface area contributed by atoms with Crippen LogP contribution >= 0.6 is 0 Å². The zero-order valence-electron chi connectivity index (χ0n) is 16.6. The fraction of sp³-hybridized carbons (Fsp3) is 0.500. The number of rotatable bonds is 5. The third kappa shape index (κ3) is 3.81. The van der Waals surface area contributed by atoms with Gasteiger partial charge in [0.2, 0.25) is 0 Å². The molecule has 28 heavy (non-hydrogen) atoms. The SMILES string of the molecule is CCOc1ccccc1[C@H]1[C@H]2CCCC[C@]2(O)CCN1Cc1cccc(F)c1. The van der Waals surface area contributed by atoms with Crippen LogP contribution in [0.2, 0.25) is 0 Å². The van der Waals surface area contributed by atoms with Gasteiger partial charge >= 0.3 is 0 Å². The molecule has 1 saturated carbocycles. The quantitative estimate of drug-likeness (QED) is 0.780. The van der Waals surface area contributed by atoms with Crippen LogP contribution < -0.4 is 4.74 Å². The number of halogens is 1. The molecule has 0 aromatic heterocycles. The van der Waals surface area contributed by atoms with Crippen LogP contribution in [-0.2, 0) is 6.54 Å². The molecule has 2 fully saturated rings. The van der Waals surface area contributed by atoms with Gasteiger partial charge in [0.15, 0.2) is 0 Å². The van der Waals surface area contributed by atoms with Gasteiger partial charge in [-0.2, -0.15) is 0 Å². The second-order valence-electron chi connectivity index (χ2n) is 8.22. The molecule has 150 valence electrons. The summed E-state index contributed by atoms with van der Waals surface area (Å²) in [6, 6.07) is 15.1. The molecule has 2 aromatic rings. The first-order chi connectivity index (χ1) is 13.6. The zero-order chi connectivity index (χ0) is 19.6. The van der Waals surface area contributed by atoms with E-state index in [9.17, 15) is 9.50 Å². The Bertz CT molecular complexity index is 811. The number of fused-ring (bicyclic) bond motifs is 1. The summed E-state index contributed by atoms with van der Waals surface area (Å²) in [5.41, 5.74) is 1.51. The van der Waals surface area contributed by atoms with Gasteiger partial charge in [-0.1, -0.05) is 43.2 Å². The number of likely N-dealkylation sites (tertiary alicyclic amines) is 1. The van der Waals surface area contributed by atoms with Crippen molar-refractivity contribution in [3.05, 3.63) is 65.5 Å². The summed E-state index contributed by atoms with van der Waals surface area (Å²) in [6.07, 6.45) is 4.91. The molecule has 0 bridgehead atoms. The largest absolute Gasteiger partial charge is 0.494 e. The summed E-state index contributed by atoms with van der Waals surface area (Å²) in [4.78, 5) is 2.41. The Morgan fingerprint density at radius 3 is 2.82 bits per heavy atom. The molecule has 4 heteroatoms. The number of ether oxygens (including phenoxy) is 1. The highest BCUT2D eigenvalue weighted by molar-refractivity contribution is 5.37. The summed E-state index contributed by atoms with van der Waals surface area (Å²) >= 11 is 0. The lowest BCUT2D eigenvalue weighted by Gasteiger charge is -2.53. The van der Waals surface area contributed by atoms with Gasteiger partial charge < -0.3 is 9.84 Å². The smallest absolute Gasteiger partial charge is 0.124 e. The Morgan fingerprint density at radius 2 is 2.00 bits per heavy atom. The van der Waals surface area contributed by atoms with Crippen molar-refractivity contribution >= 4 is 0 Å². The van der Waals surface area contributed by atoms with E-state index in [1.807, 2.05) is 25.1 Å². The summed E-state index contributed by atoms with van der Waals surface area (Å²) in [5.74, 6) is 0.870. The highest BCUT2D eigenvalue weighted by Crippen LogP contribution is 2.51. The van der Waals surface area contributed by atoms with E-state index in [1.54, 1.807) is 12.1 Å². The minimum absolute atomic E-state index is 0.0741. The van der Waals surface area contributed by atoms with Crippen LogP contribution in [0.5, 0.6) is 5.75 Å². The molecule has 3 nitrogen and oxygen atoms in total. The van der Waals surface area contributed by atoms with Crippen molar-refractivity contribution < 1.29 is 14.2 Å². The zero-order valence-corrected chi connectivity index (χ0v) is 16.6. The predicted molar refractivity (Wildman–Crippen MR) is 109 cm³/mol. The van der Waals surface area contributed by atoms with Crippen molar-refractivity contribution in [2.75, 3.05) is 13.2 Å². The molecule has 0 unspecified atom stereocenters. The van der Waals surface area contributed by atoms with E-state index >= 15 is 0 Å². The van der Waals surface area contributed by atoms with Crippen LogP contribution in [0.3, 0.4) is 0 Å². The van der Waals surface area contributed by atoms with E-state index in [1.165, 1.54) is 6.07 Å². The standard InChI is InChI=1S/C24H30FNO2/c1-2-28-22-12-4-3-10-20(22)23-21-11-5-6-13-24(21,27)14-15-26(23)17-18-8-7-9-19(25)16-18/h3-4,7-10,12,16,21,23,27H,2,5-6,11,13-15,17H2,1H3/t21-,23+,24+/m1/s1. The van der Waals surface area contributed by atoms with E-state index in [2.05, 4.69) is 17.0 Å². The molecule has 2 aliphatic rings. The van der Waals surface area contributed by atoms with Gasteiger partial charge in [0, 0.05) is 30.6 Å². The van der Waals surface area contributed by atoms with Crippen LogP contribution in [0, 0.1) is 11.7 Å². The van der Waals surface area contributed by atoms with Gasteiger partial charge in [0.25, 0.3) is 0 Å². The third-order valence-corrected chi connectivity index (χ3v) is 6.48. The average Bonchev–Trinajstić information content (AvgIpc) is 2.69. The van der Waals surface area contributed by atoms with Crippen molar-refractivity contribution in [3.8, 4) is 5.75 Å². The molecule has 0 amide bonds. The summed E-state index contributed by atoms with van der Waals surface area (Å²) in [5, 5.41) is 11.4. The molecule has 1 N–H and O–H groups in total. The first-order valence-electron chi connectivity index (χ1n) is 10.5. The lowest BCUT2D eigenvalue weighted by Crippen LogP contribution is -2.54.